The van der Waals surface area contributed by atoms with Gasteiger partial charge in [-0.3, -0.25) is 14.4 Å². The summed E-state index contributed by atoms with van der Waals surface area (Å²) in [5.74, 6) is -0.835. The number of hydrogen-bond donors (Lipinski definition) is 4. The van der Waals surface area contributed by atoms with Crippen LogP contribution < -0.4 is 16.4 Å². The number of unbranched alkanes of at least 4 members (excludes halogenated alkanes) is 4. The number of aliphatic hydroxyl groups is 1. The molecule has 0 saturated carbocycles. The molecular formula is C30H45N5O4S. The molecule has 2 heterocycles. The largest absolute Gasteiger partial charge is 0.391 e. The maximum absolute atomic E-state index is 13.7. The van der Waals surface area contributed by atoms with Crippen LogP contribution in [0.15, 0.2) is 29.8 Å². The second-order valence-electron chi connectivity index (χ2n) is 11.8. The molecule has 40 heavy (non-hydrogen) atoms. The molecule has 3 atom stereocenters. The Morgan fingerprint density at radius 2 is 1.80 bits per heavy atom. The molecule has 1 saturated heterocycles. The zero-order valence-electron chi connectivity index (χ0n) is 24.2. The highest BCUT2D eigenvalue weighted by Crippen LogP contribution is 2.28. The van der Waals surface area contributed by atoms with Gasteiger partial charge in [0.1, 0.15) is 12.1 Å². The van der Waals surface area contributed by atoms with E-state index < -0.39 is 23.6 Å². The maximum atomic E-state index is 13.7. The van der Waals surface area contributed by atoms with Gasteiger partial charge in [0.25, 0.3) is 0 Å². The Balaban J connectivity index is 1.59. The molecule has 1 aliphatic heterocycles. The van der Waals surface area contributed by atoms with Gasteiger partial charge in [-0.25, -0.2) is 4.98 Å². The molecule has 3 amide bonds. The zero-order chi connectivity index (χ0) is 29.3. The molecule has 1 fully saturated rings. The number of aryl methyl sites for hydroxylation is 1. The molecule has 1 aliphatic rings. The summed E-state index contributed by atoms with van der Waals surface area (Å²) >= 11 is 1.59. The van der Waals surface area contributed by atoms with Crippen LogP contribution in [-0.4, -0.2) is 64.0 Å². The highest BCUT2D eigenvalue weighted by molar-refractivity contribution is 7.13. The Hall–Kier alpha value is -2.82. The molecule has 10 heteroatoms. The van der Waals surface area contributed by atoms with E-state index in [-0.39, 0.29) is 30.7 Å². The average molecular weight is 572 g/mol. The number of likely N-dealkylation sites (tertiary alicyclic amines) is 1. The first-order valence-corrected chi connectivity index (χ1v) is 15.1. The van der Waals surface area contributed by atoms with Crippen molar-refractivity contribution in [2.24, 2.45) is 11.1 Å². The fourth-order valence-electron chi connectivity index (χ4n) is 4.97. The molecule has 9 nitrogen and oxygen atoms in total. The van der Waals surface area contributed by atoms with Crippen molar-refractivity contribution >= 4 is 29.1 Å². The molecule has 5 N–H and O–H groups in total. The second kappa shape index (κ2) is 14.7. The number of carbonyl (C=O) groups is 3. The lowest BCUT2D eigenvalue weighted by Crippen LogP contribution is -2.57. The third-order valence-corrected chi connectivity index (χ3v) is 8.30. The van der Waals surface area contributed by atoms with Crippen molar-refractivity contribution in [1.82, 2.24) is 20.5 Å². The third kappa shape index (κ3) is 8.84. The van der Waals surface area contributed by atoms with E-state index in [9.17, 15) is 19.5 Å². The predicted octanol–water partition coefficient (Wildman–Crippen LogP) is 3.53. The van der Waals surface area contributed by atoms with Gasteiger partial charge in [-0.2, -0.15) is 0 Å². The van der Waals surface area contributed by atoms with Gasteiger partial charge in [-0.1, -0.05) is 64.3 Å². The number of nitrogens with one attached hydrogen (secondary N) is 2. The van der Waals surface area contributed by atoms with Crippen LogP contribution in [0.2, 0.25) is 0 Å². The normalized spacial score (nSPS) is 18.0. The van der Waals surface area contributed by atoms with E-state index in [1.807, 2.05) is 57.5 Å². The highest BCUT2D eigenvalue weighted by atomic mass is 32.1. The van der Waals surface area contributed by atoms with Crippen LogP contribution in [0.25, 0.3) is 10.4 Å². The lowest BCUT2D eigenvalue weighted by molar-refractivity contribution is -0.144. The standard InChI is InChI=1S/C30H45N5O4S/c1-20-26(40-19-33-20)22-13-11-21(12-14-22)17-32-28(38)24-16-23(36)18-35(24)29(39)27(30(2,3)4)34-25(37)10-8-6-5-7-9-15-31/h11-14,19,23-24,27,36H,5-10,15-18,31H2,1-4H3,(H,32,38)(H,34,37)/t23-,24?,27-/m1/s1. The number of thiazole rings is 1. The van der Waals surface area contributed by atoms with Crippen LogP contribution >= 0.6 is 11.3 Å². The number of aromatic nitrogens is 1. The smallest absolute Gasteiger partial charge is 0.246 e. The molecule has 2 aromatic rings. The highest BCUT2D eigenvalue weighted by Gasteiger charge is 2.44. The number of amides is 3. The summed E-state index contributed by atoms with van der Waals surface area (Å²) in [5, 5.41) is 16.2. The van der Waals surface area contributed by atoms with E-state index in [2.05, 4.69) is 15.6 Å². The van der Waals surface area contributed by atoms with Gasteiger partial charge >= 0.3 is 0 Å². The molecule has 0 spiro atoms. The van der Waals surface area contributed by atoms with Crippen LogP contribution in [0.1, 0.15) is 77.0 Å². The van der Waals surface area contributed by atoms with Crippen LogP contribution in [0.3, 0.4) is 0 Å². The van der Waals surface area contributed by atoms with Crippen LogP contribution in [0.4, 0.5) is 0 Å². The average Bonchev–Trinajstić information content (AvgIpc) is 3.52. The summed E-state index contributed by atoms with van der Waals surface area (Å²) in [5.41, 5.74) is 9.77. The summed E-state index contributed by atoms with van der Waals surface area (Å²) in [6.07, 6.45) is 4.47. The Morgan fingerprint density at radius 3 is 2.42 bits per heavy atom. The monoisotopic (exact) mass is 571 g/mol. The Morgan fingerprint density at radius 1 is 1.12 bits per heavy atom. The number of aliphatic hydroxyl groups excluding tert-OH is 1. The van der Waals surface area contributed by atoms with Crippen LogP contribution in [-0.2, 0) is 20.9 Å². The number of nitrogens with zero attached hydrogens (tertiary/aromatic N) is 2. The van der Waals surface area contributed by atoms with E-state index in [4.69, 9.17) is 5.73 Å². The first-order valence-electron chi connectivity index (χ1n) is 14.3. The second-order valence-corrected chi connectivity index (χ2v) is 12.6. The lowest BCUT2D eigenvalue weighted by Gasteiger charge is -2.35. The van der Waals surface area contributed by atoms with E-state index in [1.54, 1.807) is 11.3 Å². The van der Waals surface area contributed by atoms with Gasteiger partial charge in [0, 0.05) is 25.9 Å². The van der Waals surface area contributed by atoms with Crippen molar-refractivity contribution in [1.29, 1.82) is 0 Å². The van der Waals surface area contributed by atoms with Crippen LogP contribution in [0, 0.1) is 12.3 Å². The van der Waals surface area contributed by atoms with Crippen molar-refractivity contribution in [2.75, 3.05) is 13.1 Å². The summed E-state index contributed by atoms with van der Waals surface area (Å²) in [6.45, 7) is 8.69. The third-order valence-electron chi connectivity index (χ3n) is 7.32. The molecule has 0 bridgehead atoms. The van der Waals surface area contributed by atoms with Gasteiger partial charge in [-0.05, 0) is 42.9 Å². The van der Waals surface area contributed by atoms with E-state index in [1.165, 1.54) is 4.90 Å². The fourth-order valence-corrected chi connectivity index (χ4v) is 5.79. The lowest BCUT2D eigenvalue weighted by atomic mass is 9.85. The number of carbonyl (C=O) groups excluding carboxylic acids is 3. The van der Waals surface area contributed by atoms with Crippen molar-refractivity contribution in [2.45, 2.75) is 97.4 Å². The van der Waals surface area contributed by atoms with E-state index in [0.29, 0.717) is 19.5 Å². The topological polar surface area (TPSA) is 138 Å². The van der Waals surface area contributed by atoms with Crippen LogP contribution in [0.5, 0.6) is 0 Å². The molecule has 3 rings (SSSR count). The first-order chi connectivity index (χ1) is 19.0. The van der Waals surface area contributed by atoms with Crippen molar-refractivity contribution in [3.05, 3.63) is 41.0 Å². The Bertz CT molecular complexity index is 1130. The Kier molecular flexibility index (Phi) is 11.7. The van der Waals surface area contributed by atoms with Gasteiger partial charge in [0.2, 0.25) is 17.7 Å². The number of benzene rings is 1. The van der Waals surface area contributed by atoms with Gasteiger partial charge < -0.3 is 26.4 Å². The molecule has 220 valence electrons. The van der Waals surface area contributed by atoms with E-state index in [0.717, 1.165) is 53.8 Å². The van der Waals surface area contributed by atoms with Crippen molar-refractivity contribution < 1.29 is 19.5 Å². The maximum Gasteiger partial charge on any atom is 0.246 e. The SMILES string of the molecule is Cc1ncsc1-c1ccc(CNC(=O)C2C[C@@H](O)CN2C(=O)[C@@H](NC(=O)CCCCCCCN)C(C)(C)C)cc1. The quantitative estimate of drug-likeness (QED) is 0.272. The fraction of sp³-hybridized carbons (Fsp3) is 0.600. The van der Waals surface area contributed by atoms with Gasteiger partial charge in [0.15, 0.2) is 0 Å². The minimum atomic E-state index is -0.805. The molecule has 1 aromatic carbocycles. The number of β-amino-alcohol motifs (C(OH)–C–C–N with tert-alkyl or cyclic N) is 1. The summed E-state index contributed by atoms with van der Waals surface area (Å²) in [6, 6.07) is 6.34. The molecule has 0 radical (unpaired) electrons. The molecule has 1 unspecified atom stereocenters. The van der Waals surface area contributed by atoms with Crippen molar-refractivity contribution in [3.8, 4) is 10.4 Å². The minimum Gasteiger partial charge on any atom is -0.391 e. The number of hydrogen-bond acceptors (Lipinski definition) is 7. The van der Waals surface area contributed by atoms with Gasteiger partial charge in [0.05, 0.1) is 22.2 Å². The Labute approximate surface area is 241 Å². The summed E-state index contributed by atoms with van der Waals surface area (Å²) in [4.78, 5) is 46.5. The first kappa shape index (κ1) is 31.7. The number of rotatable bonds is 13. The summed E-state index contributed by atoms with van der Waals surface area (Å²) < 4.78 is 0. The number of nitrogens with two attached hydrogens (primary N) is 1. The predicted molar refractivity (Wildman–Crippen MR) is 158 cm³/mol. The van der Waals surface area contributed by atoms with Crippen molar-refractivity contribution in [3.63, 3.8) is 0 Å². The summed E-state index contributed by atoms with van der Waals surface area (Å²) in [7, 11) is 0. The molecule has 0 aliphatic carbocycles. The molecule has 1 aromatic heterocycles. The minimum absolute atomic E-state index is 0.0589. The van der Waals surface area contributed by atoms with Gasteiger partial charge in [-0.15, -0.1) is 11.3 Å². The zero-order valence-corrected chi connectivity index (χ0v) is 25.1. The molecular weight excluding hydrogens is 526 g/mol. The van der Waals surface area contributed by atoms with E-state index >= 15 is 0 Å².